The van der Waals surface area contributed by atoms with Crippen LogP contribution in [0.5, 0.6) is 0 Å². The summed E-state index contributed by atoms with van der Waals surface area (Å²) in [5.41, 5.74) is 0. The van der Waals surface area contributed by atoms with Crippen molar-refractivity contribution in [1.82, 2.24) is 9.80 Å². The van der Waals surface area contributed by atoms with Gasteiger partial charge in [-0.15, -0.1) is 0 Å². The number of rotatable bonds is 17. The molecule has 1 unspecified atom stereocenters. The Bertz CT molecular complexity index is 226. The van der Waals surface area contributed by atoms with Gasteiger partial charge in [0.1, 0.15) is 0 Å². The molecule has 0 saturated carbocycles. The minimum Gasteiger partial charge on any atom is -0.309 e. The molecule has 140 valence electrons. The zero-order valence-corrected chi connectivity index (χ0v) is 17.1. The average molecular weight is 327 g/mol. The molecule has 2 nitrogen and oxygen atoms in total. The minimum absolute atomic E-state index is 0.817. The Kier molecular flexibility index (Phi) is 16.7. The van der Waals surface area contributed by atoms with Gasteiger partial charge in [-0.3, -0.25) is 0 Å². The predicted octanol–water partition coefficient (Wildman–Crippen LogP) is 5.96. The van der Waals surface area contributed by atoms with E-state index in [0.29, 0.717) is 0 Å². The fraction of sp³-hybridized carbons (Fsp3) is 1.00. The first kappa shape index (κ1) is 22.9. The van der Waals surface area contributed by atoms with Gasteiger partial charge in [0, 0.05) is 6.04 Å². The van der Waals surface area contributed by atoms with Gasteiger partial charge in [-0.2, -0.15) is 0 Å². The van der Waals surface area contributed by atoms with Crippen molar-refractivity contribution in [1.29, 1.82) is 0 Å². The van der Waals surface area contributed by atoms with Gasteiger partial charge < -0.3 is 9.80 Å². The second kappa shape index (κ2) is 16.8. The van der Waals surface area contributed by atoms with Gasteiger partial charge in [0.25, 0.3) is 0 Å². The lowest BCUT2D eigenvalue weighted by Crippen LogP contribution is -2.27. The highest BCUT2D eigenvalue weighted by Gasteiger charge is 2.09. The van der Waals surface area contributed by atoms with Crippen molar-refractivity contribution in [2.75, 3.05) is 34.7 Å². The third-order valence-corrected chi connectivity index (χ3v) is 5.01. The van der Waals surface area contributed by atoms with Gasteiger partial charge >= 0.3 is 0 Å². The van der Waals surface area contributed by atoms with Crippen LogP contribution in [0.4, 0.5) is 0 Å². The Morgan fingerprint density at radius 2 is 1.00 bits per heavy atom. The van der Waals surface area contributed by atoms with E-state index in [1.54, 1.807) is 0 Å². The highest BCUT2D eigenvalue weighted by atomic mass is 15.1. The van der Waals surface area contributed by atoms with E-state index in [1.807, 2.05) is 0 Å². The molecule has 0 spiro atoms. The van der Waals surface area contributed by atoms with Crippen molar-refractivity contribution in [3.8, 4) is 0 Å². The van der Waals surface area contributed by atoms with E-state index in [0.717, 1.165) is 6.04 Å². The molecule has 0 aliphatic rings. The van der Waals surface area contributed by atoms with Crippen LogP contribution in [-0.4, -0.2) is 50.6 Å². The van der Waals surface area contributed by atoms with Gasteiger partial charge in [-0.1, -0.05) is 77.6 Å². The molecule has 0 N–H and O–H groups in total. The zero-order valence-electron chi connectivity index (χ0n) is 17.1. The summed E-state index contributed by atoms with van der Waals surface area (Å²) in [4.78, 5) is 4.73. The molecule has 0 aromatic rings. The molecular weight excluding hydrogens is 280 g/mol. The van der Waals surface area contributed by atoms with Gasteiger partial charge in [-0.25, -0.2) is 0 Å². The van der Waals surface area contributed by atoms with Gasteiger partial charge in [-0.05, 0) is 54.0 Å². The predicted molar refractivity (Wildman–Crippen MR) is 106 cm³/mol. The number of hydrogen-bond donors (Lipinski definition) is 0. The van der Waals surface area contributed by atoms with Crippen LogP contribution in [0.3, 0.4) is 0 Å². The Balaban J connectivity index is 3.29. The van der Waals surface area contributed by atoms with Crippen LogP contribution in [0.1, 0.15) is 96.8 Å². The van der Waals surface area contributed by atoms with Crippen LogP contribution in [0.2, 0.25) is 0 Å². The number of unbranched alkanes of at least 4 members (excludes halogenated alkanes) is 10. The molecule has 0 aromatic carbocycles. The Labute approximate surface area is 148 Å². The number of hydrogen-bond acceptors (Lipinski definition) is 2. The minimum atomic E-state index is 0.817. The SMILES string of the molecule is CCCCC(CCCCCCCCCCCCN(C)C)N(C)C. The van der Waals surface area contributed by atoms with Crippen LogP contribution in [0.25, 0.3) is 0 Å². The van der Waals surface area contributed by atoms with Crippen molar-refractivity contribution < 1.29 is 0 Å². The first-order valence-electron chi connectivity index (χ1n) is 10.4. The van der Waals surface area contributed by atoms with E-state index in [1.165, 1.54) is 96.4 Å². The maximum absolute atomic E-state index is 2.44. The standard InChI is InChI=1S/C21H46N2/c1-6-7-18-21(23(4)5)19-16-14-12-10-8-9-11-13-15-17-20-22(2)3/h21H,6-20H2,1-5H3. The molecule has 0 aliphatic carbocycles. The second-order valence-corrected chi connectivity index (χ2v) is 7.89. The fourth-order valence-electron chi connectivity index (χ4n) is 3.32. The molecule has 0 aliphatic heterocycles. The van der Waals surface area contributed by atoms with Crippen LogP contribution < -0.4 is 0 Å². The van der Waals surface area contributed by atoms with Crippen molar-refractivity contribution in [2.24, 2.45) is 0 Å². The summed E-state index contributed by atoms with van der Waals surface area (Å²) < 4.78 is 0. The molecule has 0 fully saturated rings. The number of nitrogens with zero attached hydrogens (tertiary/aromatic N) is 2. The van der Waals surface area contributed by atoms with Crippen molar-refractivity contribution in [2.45, 2.75) is 103 Å². The van der Waals surface area contributed by atoms with Crippen molar-refractivity contribution in [3.63, 3.8) is 0 Å². The molecule has 0 heterocycles. The molecule has 0 bridgehead atoms. The second-order valence-electron chi connectivity index (χ2n) is 7.89. The summed E-state index contributed by atoms with van der Waals surface area (Å²) in [5.74, 6) is 0. The van der Waals surface area contributed by atoms with Crippen molar-refractivity contribution >= 4 is 0 Å². The Hall–Kier alpha value is -0.0800. The maximum atomic E-state index is 2.44. The summed E-state index contributed by atoms with van der Waals surface area (Å²) in [7, 11) is 8.84. The van der Waals surface area contributed by atoms with E-state index < -0.39 is 0 Å². The largest absolute Gasteiger partial charge is 0.309 e. The fourth-order valence-corrected chi connectivity index (χ4v) is 3.32. The Morgan fingerprint density at radius 1 is 0.565 bits per heavy atom. The lowest BCUT2D eigenvalue weighted by molar-refractivity contribution is 0.253. The molecule has 0 rings (SSSR count). The summed E-state index contributed by atoms with van der Waals surface area (Å²) in [5, 5.41) is 0. The van der Waals surface area contributed by atoms with E-state index >= 15 is 0 Å². The van der Waals surface area contributed by atoms with E-state index in [9.17, 15) is 0 Å². The first-order valence-corrected chi connectivity index (χ1v) is 10.4. The third kappa shape index (κ3) is 16.6. The van der Waals surface area contributed by atoms with E-state index in [2.05, 4.69) is 44.9 Å². The molecule has 0 saturated heterocycles. The topological polar surface area (TPSA) is 6.48 Å². The van der Waals surface area contributed by atoms with Crippen LogP contribution in [-0.2, 0) is 0 Å². The van der Waals surface area contributed by atoms with Gasteiger partial charge in [0.05, 0.1) is 0 Å². The van der Waals surface area contributed by atoms with Crippen LogP contribution >= 0.6 is 0 Å². The molecule has 0 aromatic heterocycles. The summed E-state index contributed by atoms with van der Waals surface area (Å²) in [6.07, 6.45) is 19.9. The maximum Gasteiger partial charge on any atom is 0.00891 e. The monoisotopic (exact) mass is 326 g/mol. The quantitative estimate of drug-likeness (QED) is 0.304. The van der Waals surface area contributed by atoms with E-state index in [4.69, 9.17) is 0 Å². The normalized spacial score (nSPS) is 13.2. The highest BCUT2D eigenvalue weighted by molar-refractivity contribution is 4.66. The molecule has 0 amide bonds. The molecule has 0 radical (unpaired) electrons. The summed E-state index contributed by atoms with van der Waals surface area (Å²) >= 11 is 0. The molecule has 2 heteroatoms. The van der Waals surface area contributed by atoms with Crippen LogP contribution in [0, 0.1) is 0 Å². The lowest BCUT2D eigenvalue weighted by Gasteiger charge is -2.24. The molecule has 23 heavy (non-hydrogen) atoms. The highest BCUT2D eigenvalue weighted by Crippen LogP contribution is 2.16. The molecular formula is C21H46N2. The Morgan fingerprint density at radius 3 is 1.43 bits per heavy atom. The summed E-state index contributed by atoms with van der Waals surface area (Å²) in [6, 6.07) is 0.817. The average Bonchev–Trinajstić information content (AvgIpc) is 2.50. The van der Waals surface area contributed by atoms with Crippen molar-refractivity contribution in [3.05, 3.63) is 0 Å². The van der Waals surface area contributed by atoms with Crippen LogP contribution in [0.15, 0.2) is 0 Å². The lowest BCUT2D eigenvalue weighted by atomic mass is 10.0. The first-order chi connectivity index (χ1) is 11.1. The zero-order chi connectivity index (χ0) is 17.3. The molecule has 1 atom stereocenters. The summed E-state index contributed by atoms with van der Waals surface area (Å²) in [6.45, 7) is 3.56. The third-order valence-electron chi connectivity index (χ3n) is 5.01. The van der Waals surface area contributed by atoms with Gasteiger partial charge in [0.2, 0.25) is 0 Å². The van der Waals surface area contributed by atoms with E-state index in [-0.39, 0.29) is 0 Å². The smallest absolute Gasteiger partial charge is 0.00891 e. The van der Waals surface area contributed by atoms with Gasteiger partial charge in [0.15, 0.2) is 0 Å².